The Labute approximate surface area is 106 Å². The molecular formula is C13H17NO4. The van der Waals surface area contributed by atoms with Gasteiger partial charge in [-0.3, -0.25) is 9.59 Å². The van der Waals surface area contributed by atoms with Gasteiger partial charge in [0.1, 0.15) is 12.2 Å². The van der Waals surface area contributed by atoms with Crippen LogP contribution < -0.4 is 10.1 Å². The minimum Gasteiger partial charge on any atom is -0.497 e. The number of amides is 1. The zero-order valence-electron chi connectivity index (χ0n) is 10.5. The lowest BCUT2D eigenvalue weighted by molar-refractivity contribution is -0.140. The number of ether oxygens (including phenoxy) is 1. The first-order chi connectivity index (χ1) is 8.56. The van der Waals surface area contributed by atoms with E-state index in [0.29, 0.717) is 12.2 Å². The molecule has 0 spiro atoms. The summed E-state index contributed by atoms with van der Waals surface area (Å²) in [7, 11) is 1.57. The van der Waals surface area contributed by atoms with Crippen molar-refractivity contribution in [1.29, 1.82) is 0 Å². The van der Waals surface area contributed by atoms with E-state index in [4.69, 9.17) is 9.84 Å². The number of carbonyl (C=O) groups excluding carboxylic acids is 1. The van der Waals surface area contributed by atoms with Gasteiger partial charge >= 0.3 is 5.97 Å². The molecule has 1 amide bonds. The molecule has 1 rings (SSSR count). The first-order valence-corrected chi connectivity index (χ1v) is 5.72. The monoisotopic (exact) mass is 251 g/mol. The number of aliphatic carboxylic acids is 1. The molecule has 1 aromatic carbocycles. The minimum atomic E-state index is -1.13. The van der Waals surface area contributed by atoms with Crippen molar-refractivity contribution in [3.05, 3.63) is 29.8 Å². The Morgan fingerprint density at radius 2 is 2.17 bits per heavy atom. The lowest BCUT2D eigenvalue weighted by Crippen LogP contribution is -2.29. The molecule has 2 N–H and O–H groups in total. The molecule has 0 bridgehead atoms. The molecule has 0 radical (unpaired) electrons. The van der Waals surface area contributed by atoms with Gasteiger partial charge in [-0.25, -0.2) is 0 Å². The molecule has 1 unspecified atom stereocenters. The predicted octanol–water partition coefficient (Wildman–Crippen LogP) is 1.74. The third-order valence-electron chi connectivity index (χ3n) is 2.55. The topological polar surface area (TPSA) is 75.6 Å². The highest BCUT2D eigenvalue weighted by Gasteiger charge is 2.15. The molecule has 0 aliphatic heterocycles. The van der Waals surface area contributed by atoms with Gasteiger partial charge in [0.05, 0.1) is 13.2 Å². The van der Waals surface area contributed by atoms with Crippen LogP contribution >= 0.6 is 0 Å². The van der Waals surface area contributed by atoms with Crippen molar-refractivity contribution in [2.45, 2.75) is 25.8 Å². The smallest absolute Gasteiger partial charge is 0.312 e. The van der Waals surface area contributed by atoms with Crippen LogP contribution in [0.15, 0.2) is 24.3 Å². The molecular weight excluding hydrogens is 234 g/mol. The highest BCUT2D eigenvalue weighted by atomic mass is 16.5. The van der Waals surface area contributed by atoms with E-state index in [9.17, 15) is 9.59 Å². The molecule has 1 aromatic rings. The van der Waals surface area contributed by atoms with Crippen molar-refractivity contribution >= 4 is 11.9 Å². The van der Waals surface area contributed by atoms with Gasteiger partial charge in [-0.1, -0.05) is 19.1 Å². The molecule has 0 saturated carbocycles. The van der Waals surface area contributed by atoms with E-state index in [-0.39, 0.29) is 6.04 Å². The SMILES string of the molecule is CCC(NC(=O)CC(=O)O)c1cccc(OC)c1. The average Bonchev–Trinajstić information content (AvgIpc) is 2.35. The molecule has 18 heavy (non-hydrogen) atoms. The van der Waals surface area contributed by atoms with Crippen LogP contribution in [0.25, 0.3) is 0 Å². The van der Waals surface area contributed by atoms with Crippen LogP contribution in [0.5, 0.6) is 5.75 Å². The summed E-state index contributed by atoms with van der Waals surface area (Å²) in [5.74, 6) is -0.913. The Morgan fingerprint density at radius 1 is 1.44 bits per heavy atom. The van der Waals surface area contributed by atoms with Gasteiger partial charge in [0.2, 0.25) is 5.91 Å². The Hall–Kier alpha value is -2.04. The summed E-state index contributed by atoms with van der Waals surface area (Å²) < 4.78 is 5.11. The van der Waals surface area contributed by atoms with Crippen molar-refractivity contribution in [1.82, 2.24) is 5.32 Å². The largest absolute Gasteiger partial charge is 0.497 e. The lowest BCUT2D eigenvalue weighted by Gasteiger charge is -2.17. The Bertz CT molecular complexity index is 431. The Balaban J connectivity index is 2.76. The fourth-order valence-corrected chi connectivity index (χ4v) is 1.66. The Morgan fingerprint density at radius 3 is 2.72 bits per heavy atom. The first kappa shape index (κ1) is 14.0. The number of hydrogen-bond donors (Lipinski definition) is 2. The lowest BCUT2D eigenvalue weighted by atomic mass is 10.0. The number of carbonyl (C=O) groups is 2. The first-order valence-electron chi connectivity index (χ1n) is 5.72. The molecule has 5 nitrogen and oxygen atoms in total. The number of nitrogens with one attached hydrogen (secondary N) is 1. The number of hydrogen-bond acceptors (Lipinski definition) is 3. The molecule has 5 heteroatoms. The van der Waals surface area contributed by atoms with Gasteiger partial charge in [-0.05, 0) is 24.1 Å². The number of benzene rings is 1. The van der Waals surface area contributed by atoms with E-state index in [1.54, 1.807) is 7.11 Å². The Kier molecular flexibility index (Phi) is 5.17. The third kappa shape index (κ3) is 4.08. The van der Waals surface area contributed by atoms with Gasteiger partial charge in [0, 0.05) is 0 Å². The van der Waals surface area contributed by atoms with Crippen LogP contribution in [0.3, 0.4) is 0 Å². The van der Waals surface area contributed by atoms with Crippen LogP contribution in [0, 0.1) is 0 Å². The number of carboxylic acid groups (broad SMARTS) is 1. The second-order valence-electron chi connectivity index (χ2n) is 3.88. The molecule has 98 valence electrons. The second-order valence-corrected chi connectivity index (χ2v) is 3.88. The van der Waals surface area contributed by atoms with Crippen molar-refractivity contribution in [2.75, 3.05) is 7.11 Å². The molecule has 0 fully saturated rings. The van der Waals surface area contributed by atoms with Crippen LogP contribution in [0.4, 0.5) is 0 Å². The quantitative estimate of drug-likeness (QED) is 0.755. The maximum Gasteiger partial charge on any atom is 0.312 e. The number of carboxylic acids is 1. The van der Waals surface area contributed by atoms with Crippen LogP contribution in [-0.4, -0.2) is 24.1 Å². The fourth-order valence-electron chi connectivity index (χ4n) is 1.66. The van der Waals surface area contributed by atoms with Gasteiger partial charge < -0.3 is 15.2 Å². The standard InChI is InChI=1S/C13H17NO4/c1-3-11(14-12(15)8-13(16)17)9-5-4-6-10(7-9)18-2/h4-7,11H,3,8H2,1-2H3,(H,14,15)(H,16,17). The molecule has 0 aliphatic carbocycles. The molecule has 1 atom stereocenters. The van der Waals surface area contributed by atoms with Crippen molar-refractivity contribution in [3.63, 3.8) is 0 Å². The summed E-state index contributed by atoms with van der Waals surface area (Å²) in [6.07, 6.45) is 0.166. The van der Waals surface area contributed by atoms with Crippen molar-refractivity contribution < 1.29 is 19.4 Å². The summed E-state index contributed by atoms with van der Waals surface area (Å²) in [6, 6.07) is 7.15. The number of methoxy groups -OCH3 is 1. The highest BCUT2D eigenvalue weighted by Crippen LogP contribution is 2.21. The van der Waals surface area contributed by atoms with E-state index < -0.39 is 18.3 Å². The zero-order chi connectivity index (χ0) is 13.5. The maximum atomic E-state index is 11.4. The summed E-state index contributed by atoms with van der Waals surface area (Å²) >= 11 is 0. The summed E-state index contributed by atoms with van der Waals surface area (Å²) in [5, 5.41) is 11.2. The molecule has 0 heterocycles. The van der Waals surface area contributed by atoms with E-state index >= 15 is 0 Å². The zero-order valence-corrected chi connectivity index (χ0v) is 10.5. The van der Waals surface area contributed by atoms with Crippen molar-refractivity contribution in [3.8, 4) is 5.75 Å². The maximum absolute atomic E-state index is 11.4. The average molecular weight is 251 g/mol. The van der Waals surface area contributed by atoms with Crippen LogP contribution in [0.2, 0.25) is 0 Å². The number of rotatable bonds is 6. The van der Waals surface area contributed by atoms with E-state index in [0.717, 1.165) is 5.56 Å². The normalized spacial score (nSPS) is 11.7. The second kappa shape index (κ2) is 6.64. The fraction of sp³-hybridized carbons (Fsp3) is 0.385. The van der Waals surface area contributed by atoms with Crippen LogP contribution in [0.1, 0.15) is 31.4 Å². The summed E-state index contributed by atoms with van der Waals surface area (Å²) in [6.45, 7) is 1.92. The van der Waals surface area contributed by atoms with Gasteiger partial charge in [-0.15, -0.1) is 0 Å². The summed E-state index contributed by atoms with van der Waals surface area (Å²) in [5.41, 5.74) is 0.899. The highest BCUT2D eigenvalue weighted by molar-refractivity contribution is 5.93. The molecule has 0 aromatic heterocycles. The van der Waals surface area contributed by atoms with Gasteiger partial charge in [0.15, 0.2) is 0 Å². The van der Waals surface area contributed by atoms with Gasteiger partial charge in [-0.2, -0.15) is 0 Å². The molecule has 0 aliphatic rings. The summed E-state index contributed by atoms with van der Waals surface area (Å²) in [4.78, 5) is 21.9. The van der Waals surface area contributed by atoms with E-state index in [1.807, 2.05) is 31.2 Å². The third-order valence-corrected chi connectivity index (χ3v) is 2.55. The van der Waals surface area contributed by atoms with E-state index in [1.165, 1.54) is 0 Å². The van der Waals surface area contributed by atoms with Crippen molar-refractivity contribution in [2.24, 2.45) is 0 Å². The predicted molar refractivity (Wildman–Crippen MR) is 66.4 cm³/mol. The van der Waals surface area contributed by atoms with Gasteiger partial charge in [0.25, 0.3) is 0 Å². The molecule has 0 saturated heterocycles. The van der Waals surface area contributed by atoms with E-state index in [2.05, 4.69) is 5.32 Å². The minimum absolute atomic E-state index is 0.202. The van der Waals surface area contributed by atoms with Crippen LogP contribution in [-0.2, 0) is 9.59 Å².